The monoisotopic (exact) mass is 294 g/mol. The molecule has 106 valence electrons. The molecule has 1 unspecified atom stereocenters. The minimum absolute atomic E-state index is 0.298. The first kappa shape index (κ1) is 14.5. The Hall–Kier alpha value is -1.89. The fourth-order valence-electron chi connectivity index (χ4n) is 1.95. The third-order valence-electron chi connectivity index (χ3n) is 2.87. The molecule has 0 amide bonds. The van der Waals surface area contributed by atoms with E-state index in [0.29, 0.717) is 16.5 Å². The zero-order valence-corrected chi connectivity index (χ0v) is 11.9. The average molecular weight is 295 g/mol. The molecule has 0 aliphatic rings. The molecule has 0 spiro atoms. The van der Waals surface area contributed by atoms with E-state index in [0.717, 1.165) is 11.1 Å². The second-order valence-electron chi connectivity index (χ2n) is 4.01. The maximum Gasteiger partial charge on any atom is 0.179 e. The minimum atomic E-state index is -0.298. The highest BCUT2D eigenvalue weighted by atomic mass is 35.5. The molecule has 7 heteroatoms. The number of nitrogens with two attached hydrogens (primary N) is 1. The molecule has 0 bridgehead atoms. The van der Waals surface area contributed by atoms with Crippen LogP contribution in [0.25, 0.3) is 0 Å². The summed E-state index contributed by atoms with van der Waals surface area (Å²) < 4.78 is 10.5. The van der Waals surface area contributed by atoms with Gasteiger partial charge >= 0.3 is 0 Å². The van der Waals surface area contributed by atoms with Crippen molar-refractivity contribution in [2.24, 2.45) is 5.84 Å². The van der Waals surface area contributed by atoms with Crippen molar-refractivity contribution in [1.29, 1.82) is 0 Å². The SMILES string of the molecule is COc1cc(C(NN)c2cncnc2)cc(Cl)c1OC. The number of methoxy groups -OCH3 is 2. The lowest BCUT2D eigenvalue weighted by Crippen LogP contribution is -2.29. The van der Waals surface area contributed by atoms with E-state index in [-0.39, 0.29) is 6.04 Å². The van der Waals surface area contributed by atoms with Gasteiger partial charge < -0.3 is 9.47 Å². The summed E-state index contributed by atoms with van der Waals surface area (Å²) in [6, 6.07) is 3.27. The standard InChI is InChI=1S/C13H15ClN4O2/c1-19-11-4-8(3-10(14)13(11)20-2)12(18-15)9-5-16-7-17-6-9/h3-7,12,18H,15H2,1-2H3. The van der Waals surface area contributed by atoms with Gasteiger partial charge in [-0.3, -0.25) is 5.84 Å². The highest BCUT2D eigenvalue weighted by molar-refractivity contribution is 6.32. The van der Waals surface area contributed by atoms with E-state index in [1.165, 1.54) is 13.4 Å². The maximum absolute atomic E-state index is 6.20. The Labute approximate surface area is 121 Å². The number of nitrogens with zero attached hydrogens (tertiary/aromatic N) is 2. The van der Waals surface area contributed by atoms with Crippen molar-refractivity contribution in [3.63, 3.8) is 0 Å². The molecule has 3 N–H and O–H groups in total. The fourth-order valence-corrected chi connectivity index (χ4v) is 2.25. The molecule has 2 aromatic rings. The Kier molecular flexibility index (Phi) is 4.73. The molecular formula is C13H15ClN4O2. The predicted octanol–water partition coefficient (Wildman–Crippen LogP) is 1.70. The van der Waals surface area contributed by atoms with Crippen molar-refractivity contribution in [1.82, 2.24) is 15.4 Å². The largest absolute Gasteiger partial charge is 0.493 e. The molecule has 0 aliphatic heterocycles. The minimum Gasteiger partial charge on any atom is -0.493 e. The summed E-state index contributed by atoms with van der Waals surface area (Å²) in [5, 5.41) is 0.443. The van der Waals surface area contributed by atoms with E-state index in [9.17, 15) is 0 Å². The van der Waals surface area contributed by atoms with Crippen molar-refractivity contribution < 1.29 is 9.47 Å². The molecule has 0 radical (unpaired) electrons. The number of aromatic nitrogens is 2. The molecule has 20 heavy (non-hydrogen) atoms. The fraction of sp³-hybridized carbons (Fsp3) is 0.231. The molecular weight excluding hydrogens is 280 g/mol. The molecule has 0 saturated carbocycles. The molecule has 0 saturated heterocycles. The first-order valence-electron chi connectivity index (χ1n) is 5.83. The zero-order valence-electron chi connectivity index (χ0n) is 11.1. The third kappa shape index (κ3) is 2.82. The summed E-state index contributed by atoms with van der Waals surface area (Å²) >= 11 is 6.20. The van der Waals surface area contributed by atoms with Crippen LogP contribution in [0, 0.1) is 0 Å². The first-order valence-corrected chi connectivity index (χ1v) is 6.21. The number of hydrogen-bond acceptors (Lipinski definition) is 6. The van der Waals surface area contributed by atoms with Gasteiger partial charge in [0.15, 0.2) is 11.5 Å². The lowest BCUT2D eigenvalue weighted by molar-refractivity contribution is 0.354. The van der Waals surface area contributed by atoms with Gasteiger partial charge in [-0.2, -0.15) is 0 Å². The lowest BCUT2D eigenvalue weighted by atomic mass is 10.0. The van der Waals surface area contributed by atoms with Gasteiger partial charge in [-0.25, -0.2) is 15.4 Å². The van der Waals surface area contributed by atoms with Crippen LogP contribution in [0.3, 0.4) is 0 Å². The second kappa shape index (κ2) is 6.51. The number of ether oxygens (including phenoxy) is 2. The van der Waals surface area contributed by atoms with E-state index < -0.39 is 0 Å². The van der Waals surface area contributed by atoms with Crippen LogP contribution in [-0.4, -0.2) is 24.2 Å². The van der Waals surface area contributed by atoms with Gasteiger partial charge in [0.25, 0.3) is 0 Å². The zero-order chi connectivity index (χ0) is 14.5. The number of rotatable bonds is 5. The number of halogens is 1. The maximum atomic E-state index is 6.20. The molecule has 1 heterocycles. The van der Waals surface area contributed by atoms with Gasteiger partial charge in [-0.05, 0) is 17.7 Å². The molecule has 6 nitrogen and oxygen atoms in total. The van der Waals surface area contributed by atoms with E-state index >= 15 is 0 Å². The Morgan fingerprint density at radius 2 is 1.85 bits per heavy atom. The summed E-state index contributed by atoms with van der Waals surface area (Å²) in [7, 11) is 3.08. The van der Waals surface area contributed by atoms with Gasteiger partial charge in [-0.15, -0.1) is 0 Å². The van der Waals surface area contributed by atoms with Crippen LogP contribution in [0.5, 0.6) is 11.5 Å². The van der Waals surface area contributed by atoms with Crippen LogP contribution in [0.1, 0.15) is 17.2 Å². The number of hydrazine groups is 1. The topological polar surface area (TPSA) is 82.3 Å². The lowest BCUT2D eigenvalue weighted by Gasteiger charge is -2.18. The highest BCUT2D eigenvalue weighted by Crippen LogP contribution is 2.38. The molecule has 2 rings (SSSR count). The van der Waals surface area contributed by atoms with Crippen molar-refractivity contribution >= 4 is 11.6 Å². The van der Waals surface area contributed by atoms with Gasteiger partial charge in [0.05, 0.1) is 25.3 Å². The molecule has 0 fully saturated rings. The van der Waals surface area contributed by atoms with Crippen LogP contribution in [0.15, 0.2) is 30.9 Å². The quantitative estimate of drug-likeness (QED) is 0.645. The highest BCUT2D eigenvalue weighted by Gasteiger charge is 2.18. The summed E-state index contributed by atoms with van der Waals surface area (Å²) in [5.74, 6) is 6.65. The molecule has 0 aliphatic carbocycles. The number of hydrogen-bond donors (Lipinski definition) is 2. The van der Waals surface area contributed by atoms with E-state index in [2.05, 4.69) is 15.4 Å². The van der Waals surface area contributed by atoms with Gasteiger partial charge in [-0.1, -0.05) is 11.6 Å². The van der Waals surface area contributed by atoms with Gasteiger partial charge in [0, 0.05) is 18.0 Å². The average Bonchev–Trinajstić information content (AvgIpc) is 2.48. The summed E-state index contributed by atoms with van der Waals surface area (Å²) in [5.41, 5.74) is 4.36. The molecule has 1 aromatic carbocycles. The summed E-state index contributed by atoms with van der Waals surface area (Å²) in [4.78, 5) is 7.96. The Morgan fingerprint density at radius 3 is 2.40 bits per heavy atom. The van der Waals surface area contributed by atoms with E-state index in [1.807, 2.05) is 6.07 Å². The van der Waals surface area contributed by atoms with Crippen LogP contribution < -0.4 is 20.7 Å². The van der Waals surface area contributed by atoms with Crippen molar-refractivity contribution in [2.45, 2.75) is 6.04 Å². The van der Waals surface area contributed by atoms with Crippen molar-refractivity contribution in [3.8, 4) is 11.5 Å². The predicted molar refractivity (Wildman–Crippen MR) is 75.8 cm³/mol. The molecule has 1 atom stereocenters. The van der Waals surface area contributed by atoms with Crippen LogP contribution >= 0.6 is 11.6 Å². The number of nitrogens with one attached hydrogen (secondary N) is 1. The van der Waals surface area contributed by atoms with Crippen LogP contribution in [-0.2, 0) is 0 Å². The number of benzene rings is 1. The summed E-state index contributed by atoms with van der Waals surface area (Å²) in [6.45, 7) is 0. The second-order valence-corrected chi connectivity index (χ2v) is 4.42. The van der Waals surface area contributed by atoms with Gasteiger partial charge in [0.2, 0.25) is 0 Å². The molecule has 1 aromatic heterocycles. The third-order valence-corrected chi connectivity index (χ3v) is 3.15. The van der Waals surface area contributed by atoms with E-state index in [1.54, 1.807) is 25.6 Å². The Bertz CT molecular complexity index is 580. The first-order chi connectivity index (χ1) is 9.71. The smallest absolute Gasteiger partial charge is 0.179 e. The normalized spacial score (nSPS) is 12.0. The van der Waals surface area contributed by atoms with Crippen molar-refractivity contribution in [2.75, 3.05) is 14.2 Å². The van der Waals surface area contributed by atoms with Gasteiger partial charge in [0.1, 0.15) is 6.33 Å². The van der Waals surface area contributed by atoms with Crippen LogP contribution in [0.4, 0.5) is 0 Å². The summed E-state index contributed by atoms with van der Waals surface area (Å²) in [6.07, 6.45) is 4.82. The Balaban J connectivity index is 2.48. The van der Waals surface area contributed by atoms with Crippen molar-refractivity contribution in [3.05, 3.63) is 47.0 Å². The van der Waals surface area contributed by atoms with Crippen LogP contribution in [0.2, 0.25) is 5.02 Å². The Morgan fingerprint density at radius 1 is 1.15 bits per heavy atom. The van der Waals surface area contributed by atoms with E-state index in [4.69, 9.17) is 26.9 Å².